The van der Waals surface area contributed by atoms with E-state index in [1.807, 2.05) is 88.7 Å². The minimum absolute atomic E-state index is 0.0209. The topological polar surface area (TPSA) is 207 Å². The van der Waals surface area contributed by atoms with E-state index in [-0.39, 0.29) is 67.0 Å². The molecule has 0 spiro atoms. The van der Waals surface area contributed by atoms with Crippen LogP contribution in [0.3, 0.4) is 0 Å². The number of ether oxygens (including phenoxy) is 1. The molecule has 0 saturated carbocycles. The summed E-state index contributed by atoms with van der Waals surface area (Å²) < 4.78 is 6.67. The summed E-state index contributed by atoms with van der Waals surface area (Å²) in [5.74, 6) is -0.828. The van der Waals surface area contributed by atoms with Gasteiger partial charge in [-0.2, -0.15) is 0 Å². The number of aliphatic hydroxyl groups is 1. The number of nitrogens with one attached hydrogen (secondary N) is 3. The van der Waals surface area contributed by atoms with Crippen LogP contribution in [0, 0.1) is 12.3 Å². The monoisotopic (exact) mass is 1020 g/mol. The van der Waals surface area contributed by atoms with Crippen LogP contribution in [-0.2, 0) is 20.8 Å². The Morgan fingerprint density at radius 3 is 2.15 bits per heavy atom. The number of rotatable bonds is 18. The number of amides is 4. The highest BCUT2D eigenvalue weighted by Crippen LogP contribution is 2.41. The van der Waals surface area contributed by atoms with Gasteiger partial charge in [-0.15, -0.1) is 22.7 Å². The Kier molecular flexibility index (Phi) is 16.1. The molecule has 1 aliphatic heterocycles. The summed E-state index contributed by atoms with van der Waals surface area (Å²) >= 11 is 2.95. The smallest absolute Gasteiger partial charge is 0.251 e. The Morgan fingerprint density at radius 2 is 1.48 bits per heavy atom. The van der Waals surface area contributed by atoms with Gasteiger partial charge in [0.1, 0.15) is 29.3 Å². The van der Waals surface area contributed by atoms with Crippen LogP contribution in [0.2, 0.25) is 0 Å². The lowest BCUT2D eigenvalue weighted by Gasteiger charge is -2.35. The molecule has 0 radical (unpaired) electrons. The summed E-state index contributed by atoms with van der Waals surface area (Å²) in [4.78, 5) is 75.7. The van der Waals surface area contributed by atoms with Crippen molar-refractivity contribution in [1.29, 1.82) is 0 Å². The van der Waals surface area contributed by atoms with Gasteiger partial charge < -0.3 is 40.9 Å². The van der Waals surface area contributed by atoms with E-state index in [0.717, 1.165) is 37.5 Å². The number of aryl methyl sites for hydroxylation is 1. The third-order valence-corrected chi connectivity index (χ3v) is 15.1. The predicted octanol–water partition coefficient (Wildman–Crippen LogP) is 9.14. The number of aliphatic hydroxyl groups excluding tert-OH is 1. The largest absolute Gasteiger partial charge is 0.508 e. The van der Waals surface area contributed by atoms with E-state index < -0.39 is 29.5 Å². The Morgan fingerprint density at radius 1 is 0.822 bits per heavy atom. The number of thiazole rings is 1. The quantitative estimate of drug-likeness (QED) is 0.0355. The van der Waals surface area contributed by atoms with Gasteiger partial charge in [0.05, 0.1) is 34.8 Å². The van der Waals surface area contributed by atoms with E-state index in [1.165, 1.54) is 16.2 Å². The molecular weight excluding hydrogens is 963 g/mol. The maximum atomic E-state index is 14.1. The number of ketones is 1. The molecule has 16 heteroatoms. The van der Waals surface area contributed by atoms with Crippen LogP contribution in [-0.4, -0.2) is 92.5 Å². The number of hydrogen-bond donors (Lipinski definition) is 6. The van der Waals surface area contributed by atoms with Gasteiger partial charge in [0.25, 0.3) is 5.91 Å². The van der Waals surface area contributed by atoms with Crippen molar-refractivity contribution in [2.75, 3.05) is 19.7 Å². The Bertz CT molecular complexity index is 3110. The van der Waals surface area contributed by atoms with Gasteiger partial charge in [-0.25, -0.2) is 4.98 Å². The van der Waals surface area contributed by atoms with Crippen LogP contribution in [0.1, 0.15) is 96.1 Å². The molecule has 0 bridgehead atoms. The number of hydrogen-bond acceptors (Lipinski definition) is 12. The van der Waals surface area contributed by atoms with E-state index in [4.69, 9.17) is 4.74 Å². The molecule has 4 atom stereocenters. The van der Waals surface area contributed by atoms with E-state index in [1.54, 1.807) is 78.1 Å². The number of phenols is 2. The van der Waals surface area contributed by atoms with Crippen molar-refractivity contribution in [3.8, 4) is 38.1 Å². The minimum atomic E-state index is -0.945. The molecule has 1 saturated heterocycles. The first-order valence-corrected chi connectivity index (χ1v) is 25.9. The lowest BCUT2D eigenvalue weighted by Crippen LogP contribution is -2.57. The number of aromatic hydroxyl groups is 2. The van der Waals surface area contributed by atoms with Crippen LogP contribution in [0.25, 0.3) is 31.0 Å². The van der Waals surface area contributed by atoms with Gasteiger partial charge in [0.2, 0.25) is 17.7 Å². The predicted molar refractivity (Wildman–Crippen MR) is 284 cm³/mol. The van der Waals surface area contributed by atoms with Crippen molar-refractivity contribution in [3.05, 3.63) is 154 Å². The molecule has 1 fully saturated rings. The summed E-state index contributed by atoms with van der Waals surface area (Å²) in [5, 5.41) is 40.2. The normalized spacial score (nSPS) is 15.4. The summed E-state index contributed by atoms with van der Waals surface area (Å²) in [7, 11) is 0. The van der Waals surface area contributed by atoms with Gasteiger partial charge in [-0.3, -0.25) is 24.0 Å². The van der Waals surface area contributed by atoms with E-state index >= 15 is 0 Å². The fraction of sp³-hybridized carbons (Fsp3) is 0.298. The highest BCUT2D eigenvalue weighted by Gasteiger charge is 2.44. The number of nitrogens with zero attached hydrogens (tertiary/aromatic N) is 2. The average Bonchev–Trinajstić information content (AvgIpc) is 4.10. The van der Waals surface area contributed by atoms with Gasteiger partial charge in [0, 0.05) is 57.6 Å². The van der Waals surface area contributed by atoms with Gasteiger partial charge >= 0.3 is 0 Å². The highest BCUT2D eigenvalue weighted by molar-refractivity contribution is 7.22. The van der Waals surface area contributed by atoms with Crippen molar-refractivity contribution >= 4 is 62.2 Å². The molecule has 5 aromatic carbocycles. The first-order chi connectivity index (χ1) is 34.9. The second-order valence-electron chi connectivity index (χ2n) is 19.4. The van der Waals surface area contributed by atoms with E-state index in [2.05, 4.69) is 20.9 Å². The van der Waals surface area contributed by atoms with Gasteiger partial charge in [-0.05, 0) is 121 Å². The number of aromatic nitrogens is 1. The molecular formula is C57H59N5O9S2. The molecule has 2 aromatic heterocycles. The number of thiophene rings is 1. The number of carbonyl (C=O) groups excluding carboxylic acids is 5. The molecule has 73 heavy (non-hydrogen) atoms. The van der Waals surface area contributed by atoms with Crippen LogP contribution in [0.15, 0.2) is 121 Å². The van der Waals surface area contributed by atoms with Crippen LogP contribution >= 0.6 is 22.7 Å². The lowest BCUT2D eigenvalue weighted by molar-refractivity contribution is -0.144. The molecule has 7 aromatic rings. The molecule has 0 aliphatic carbocycles. The average molecular weight is 1020 g/mol. The zero-order valence-electron chi connectivity index (χ0n) is 41.3. The summed E-state index contributed by atoms with van der Waals surface area (Å²) in [5.41, 5.74) is 7.02. The van der Waals surface area contributed by atoms with Gasteiger partial charge in [-0.1, -0.05) is 69.3 Å². The fourth-order valence-corrected chi connectivity index (χ4v) is 10.9. The van der Waals surface area contributed by atoms with Crippen LogP contribution in [0.5, 0.6) is 17.2 Å². The number of phenolic OH excluding ortho intramolecular Hbond substituents is 2. The number of likely N-dealkylation sites (tertiary alicyclic amines) is 1. The van der Waals surface area contributed by atoms with Crippen molar-refractivity contribution < 1.29 is 44.0 Å². The molecule has 4 amide bonds. The van der Waals surface area contributed by atoms with Crippen molar-refractivity contribution in [2.24, 2.45) is 5.41 Å². The highest BCUT2D eigenvalue weighted by atomic mass is 32.1. The fourth-order valence-electron chi connectivity index (χ4n) is 8.89. The second kappa shape index (κ2) is 22.6. The molecule has 1 aliphatic rings. The number of carbonyl (C=O) groups is 5. The maximum absolute atomic E-state index is 14.1. The third kappa shape index (κ3) is 12.4. The summed E-state index contributed by atoms with van der Waals surface area (Å²) in [6, 6.07) is 31.2. The standard InChI is InChI=1S/C57H59N5O9S2/c1-33(36-10-14-38(15-11-36)51-34(2)59-32-72-51)60-55(69)46-29-43(65)31-62(46)56(70)53(57(3,4)5)61-48(66)7-6-28-71-44-23-8-35(9-24-44)26-27-58-54(68)40-16-12-37(13-17-40)50(67)49-45-25-22-42(64)30-47(45)73-52(49)39-18-20-41(63)21-19-39/h8-25,30,32-33,43,46,53,63-65H,6-7,26-29,31H2,1-5H3,(H,58,68)(H,60,69)(H,61,66)/t33-,43+,46-,53+/m0/s1. The minimum Gasteiger partial charge on any atom is -0.508 e. The number of benzene rings is 5. The third-order valence-electron chi connectivity index (χ3n) is 12.9. The Labute approximate surface area is 432 Å². The Balaban J connectivity index is 0.775. The molecule has 14 nitrogen and oxygen atoms in total. The zero-order chi connectivity index (χ0) is 52.0. The van der Waals surface area contributed by atoms with Gasteiger partial charge in [0.15, 0.2) is 5.78 Å². The number of β-amino-alcohol motifs (C(OH)–C–C–N with tert-alkyl or cyclic N) is 1. The number of fused-ring (bicyclic) bond motifs is 1. The SMILES string of the molecule is Cc1ncsc1-c1ccc([C@H](C)NC(=O)[C@@H]2C[C@@H](O)CN2C(=O)[C@@H](NC(=O)CCCOc2ccc(CCNC(=O)c3ccc(C(=O)c4c(-c5ccc(O)cc5)sc5cc(O)ccc45)cc3)cc2)C(C)(C)C)cc1. The molecule has 3 heterocycles. The maximum Gasteiger partial charge on any atom is 0.251 e. The first-order valence-electron chi connectivity index (χ1n) is 24.2. The molecule has 6 N–H and O–H groups in total. The summed E-state index contributed by atoms with van der Waals surface area (Å²) in [6.45, 7) is 9.98. The van der Waals surface area contributed by atoms with Crippen LogP contribution in [0.4, 0.5) is 0 Å². The molecule has 378 valence electrons. The van der Waals surface area contributed by atoms with Crippen molar-refractivity contribution in [2.45, 2.75) is 84.5 Å². The van der Waals surface area contributed by atoms with Crippen molar-refractivity contribution in [1.82, 2.24) is 25.8 Å². The second-order valence-corrected chi connectivity index (χ2v) is 21.3. The van der Waals surface area contributed by atoms with E-state index in [9.17, 15) is 39.3 Å². The first kappa shape index (κ1) is 51.9. The van der Waals surface area contributed by atoms with Crippen LogP contribution < -0.4 is 20.7 Å². The van der Waals surface area contributed by atoms with E-state index in [0.29, 0.717) is 52.1 Å². The zero-order valence-corrected chi connectivity index (χ0v) is 42.9. The summed E-state index contributed by atoms with van der Waals surface area (Å²) in [6.07, 6.45) is 0.241. The lowest BCUT2D eigenvalue weighted by atomic mass is 9.85. The molecule has 0 unspecified atom stereocenters. The molecule has 8 rings (SSSR count). The van der Waals surface area contributed by atoms with Crippen molar-refractivity contribution in [3.63, 3.8) is 0 Å². The Hall–Kier alpha value is -7.40.